The number of hydrogen-bond donors (Lipinski definition) is 0. The number of carbonyl (C=O) groups is 2. The minimum absolute atomic E-state index is 0.0299. The van der Waals surface area contributed by atoms with Crippen molar-refractivity contribution < 1.29 is 23.8 Å². The zero-order valence-corrected chi connectivity index (χ0v) is 18.1. The summed E-state index contributed by atoms with van der Waals surface area (Å²) in [7, 11) is 0. The van der Waals surface area contributed by atoms with E-state index in [1.54, 1.807) is 18.2 Å². The molecule has 162 valence electrons. The summed E-state index contributed by atoms with van der Waals surface area (Å²) in [4.78, 5) is 28.9. The van der Waals surface area contributed by atoms with E-state index in [1.807, 2.05) is 18.2 Å². The van der Waals surface area contributed by atoms with Gasteiger partial charge in [-0.15, -0.1) is 0 Å². The largest absolute Gasteiger partial charge is 0.490 e. The van der Waals surface area contributed by atoms with Crippen LogP contribution < -0.4 is 19.1 Å². The van der Waals surface area contributed by atoms with Crippen LogP contribution in [0.5, 0.6) is 17.2 Å². The van der Waals surface area contributed by atoms with Gasteiger partial charge in [-0.25, -0.2) is 4.90 Å². The van der Waals surface area contributed by atoms with E-state index >= 15 is 0 Å². The van der Waals surface area contributed by atoms with Crippen molar-refractivity contribution in [2.45, 2.75) is 31.4 Å². The third-order valence-electron chi connectivity index (χ3n) is 5.86. The van der Waals surface area contributed by atoms with E-state index in [4.69, 9.17) is 37.4 Å². The van der Waals surface area contributed by atoms with Gasteiger partial charge in [0, 0.05) is 19.2 Å². The Bertz CT molecular complexity index is 1040. The van der Waals surface area contributed by atoms with E-state index in [-0.39, 0.29) is 36.2 Å². The SMILES string of the molecule is O=C1C[C@H](N2CCC(Oc3ccc4c(c3)OCO4)CC2)C(=O)N1c1cccc(Cl)c1Cl. The summed E-state index contributed by atoms with van der Waals surface area (Å²) in [5.74, 6) is 1.61. The van der Waals surface area contributed by atoms with Crippen LogP contribution >= 0.6 is 23.2 Å². The molecule has 3 aliphatic heterocycles. The molecule has 0 spiro atoms. The lowest BCUT2D eigenvalue weighted by Crippen LogP contribution is -2.47. The summed E-state index contributed by atoms with van der Waals surface area (Å²) in [6.07, 6.45) is 1.67. The van der Waals surface area contributed by atoms with E-state index in [0.717, 1.165) is 29.2 Å². The van der Waals surface area contributed by atoms with Crippen LogP contribution in [-0.4, -0.2) is 48.7 Å². The molecule has 2 saturated heterocycles. The molecule has 2 aromatic carbocycles. The van der Waals surface area contributed by atoms with Crippen molar-refractivity contribution >= 4 is 40.7 Å². The van der Waals surface area contributed by atoms with Crippen LogP contribution in [0.3, 0.4) is 0 Å². The summed E-state index contributed by atoms with van der Waals surface area (Å²) in [5, 5.41) is 0.520. The van der Waals surface area contributed by atoms with Gasteiger partial charge in [0.05, 0.1) is 28.2 Å². The van der Waals surface area contributed by atoms with Crippen molar-refractivity contribution in [3.8, 4) is 17.2 Å². The Morgan fingerprint density at radius 2 is 1.77 bits per heavy atom. The molecule has 0 unspecified atom stereocenters. The summed E-state index contributed by atoms with van der Waals surface area (Å²) < 4.78 is 16.8. The average molecular weight is 463 g/mol. The normalized spacial score (nSPS) is 21.7. The first-order chi connectivity index (χ1) is 15.0. The molecule has 0 radical (unpaired) electrons. The van der Waals surface area contributed by atoms with Crippen LogP contribution in [-0.2, 0) is 9.59 Å². The van der Waals surface area contributed by atoms with Gasteiger partial charge in [0.15, 0.2) is 11.5 Å². The number of carbonyl (C=O) groups excluding carboxylic acids is 2. The number of anilines is 1. The summed E-state index contributed by atoms with van der Waals surface area (Å²) in [6, 6.07) is 9.99. The van der Waals surface area contributed by atoms with Gasteiger partial charge in [-0.1, -0.05) is 29.3 Å². The van der Waals surface area contributed by atoms with Crippen LogP contribution in [0.15, 0.2) is 36.4 Å². The molecule has 0 saturated carbocycles. The Kier molecular flexibility index (Phi) is 5.42. The zero-order valence-electron chi connectivity index (χ0n) is 16.6. The van der Waals surface area contributed by atoms with E-state index in [9.17, 15) is 9.59 Å². The van der Waals surface area contributed by atoms with Crippen LogP contribution in [0.4, 0.5) is 5.69 Å². The van der Waals surface area contributed by atoms with Gasteiger partial charge in [0.2, 0.25) is 12.7 Å². The summed E-state index contributed by atoms with van der Waals surface area (Å²) in [6.45, 7) is 1.55. The maximum absolute atomic E-state index is 13.1. The van der Waals surface area contributed by atoms with Crippen molar-refractivity contribution in [3.05, 3.63) is 46.4 Å². The predicted molar refractivity (Wildman–Crippen MR) is 115 cm³/mol. The summed E-state index contributed by atoms with van der Waals surface area (Å²) in [5.41, 5.74) is 0.340. The fourth-order valence-electron chi connectivity index (χ4n) is 4.27. The Hall–Kier alpha value is -2.48. The molecule has 31 heavy (non-hydrogen) atoms. The number of nitrogens with zero attached hydrogens (tertiary/aromatic N) is 2. The van der Waals surface area contributed by atoms with Crippen molar-refractivity contribution in [3.63, 3.8) is 0 Å². The molecular formula is C22H20Cl2N2O5. The number of fused-ring (bicyclic) bond motifs is 1. The van der Waals surface area contributed by atoms with Gasteiger partial charge in [-0.2, -0.15) is 0 Å². The molecule has 0 bridgehead atoms. The van der Waals surface area contributed by atoms with Crippen LogP contribution in [0.25, 0.3) is 0 Å². The van der Waals surface area contributed by atoms with E-state index in [0.29, 0.717) is 29.5 Å². The number of ether oxygens (including phenoxy) is 3. The maximum Gasteiger partial charge on any atom is 0.251 e. The third-order valence-corrected chi connectivity index (χ3v) is 6.67. The molecule has 3 heterocycles. The highest BCUT2D eigenvalue weighted by atomic mass is 35.5. The molecule has 0 aromatic heterocycles. The van der Waals surface area contributed by atoms with Crippen molar-refractivity contribution in [2.75, 3.05) is 24.8 Å². The lowest BCUT2D eigenvalue weighted by molar-refractivity contribution is -0.123. The summed E-state index contributed by atoms with van der Waals surface area (Å²) >= 11 is 12.3. The average Bonchev–Trinajstić information content (AvgIpc) is 3.34. The number of halogens is 2. The minimum atomic E-state index is -0.492. The van der Waals surface area contributed by atoms with Crippen LogP contribution in [0, 0.1) is 0 Å². The van der Waals surface area contributed by atoms with Gasteiger partial charge in [-0.3, -0.25) is 14.5 Å². The molecule has 7 nitrogen and oxygen atoms in total. The molecule has 2 amide bonds. The number of piperidine rings is 1. The Labute approximate surface area is 189 Å². The number of likely N-dealkylation sites (tertiary alicyclic amines) is 1. The lowest BCUT2D eigenvalue weighted by Gasteiger charge is -2.34. The number of benzene rings is 2. The minimum Gasteiger partial charge on any atom is -0.490 e. The number of rotatable bonds is 4. The molecular weight excluding hydrogens is 443 g/mol. The monoisotopic (exact) mass is 462 g/mol. The Morgan fingerprint density at radius 1 is 1.00 bits per heavy atom. The lowest BCUT2D eigenvalue weighted by atomic mass is 10.0. The molecule has 1 atom stereocenters. The van der Waals surface area contributed by atoms with Crippen molar-refractivity contribution in [2.24, 2.45) is 0 Å². The molecule has 5 rings (SSSR count). The molecule has 2 aromatic rings. The first-order valence-electron chi connectivity index (χ1n) is 10.1. The van der Waals surface area contributed by atoms with E-state index in [1.165, 1.54) is 0 Å². The standard InChI is InChI=1S/C22H20Cl2N2O5/c23-15-2-1-3-16(21(15)24)26-20(27)11-17(22(26)28)25-8-6-13(7-9-25)31-14-4-5-18-19(10-14)30-12-29-18/h1-5,10,13,17H,6-9,11-12H2/t17-/m0/s1. The van der Waals surface area contributed by atoms with Crippen molar-refractivity contribution in [1.29, 1.82) is 0 Å². The molecule has 0 aliphatic carbocycles. The Balaban J connectivity index is 1.22. The highest BCUT2D eigenvalue weighted by molar-refractivity contribution is 6.44. The van der Waals surface area contributed by atoms with Crippen LogP contribution in [0.2, 0.25) is 10.0 Å². The molecule has 3 aliphatic rings. The number of imide groups is 1. The predicted octanol–water partition coefficient (Wildman–Crippen LogP) is 3.90. The number of hydrogen-bond acceptors (Lipinski definition) is 6. The fraction of sp³-hybridized carbons (Fsp3) is 0.364. The van der Waals surface area contributed by atoms with Crippen LogP contribution in [0.1, 0.15) is 19.3 Å². The molecule has 0 N–H and O–H groups in total. The molecule has 2 fully saturated rings. The highest BCUT2D eigenvalue weighted by Gasteiger charge is 2.44. The maximum atomic E-state index is 13.1. The first kappa shape index (κ1) is 20.4. The smallest absolute Gasteiger partial charge is 0.251 e. The zero-order chi connectivity index (χ0) is 21.5. The second kappa shape index (κ2) is 8.22. The second-order valence-corrected chi connectivity index (χ2v) is 8.51. The topological polar surface area (TPSA) is 68.3 Å². The van der Waals surface area contributed by atoms with Gasteiger partial charge >= 0.3 is 0 Å². The van der Waals surface area contributed by atoms with Gasteiger partial charge in [-0.05, 0) is 37.1 Å². The van der Waals surface area contributed by atoms with Gasteiger partial charge in [0.1, 0.15) is 11.9 Å². The number of amides is 2. The van der Waals surface area contributed by atoms with Gasteiger partial charge in [0.25, 0.3) is 5.91 Å². The Morgan fingerprint density at radius 3 is 2.58 bits per heavy atom. The van der Waals surface area contributed by atoms with E-state index in [2.05, 4.69) is 4.90 Å². The van der Waals surface area contributed by atoms with E-state index < -0.39 is 6.04 Å². The van der Waals surface area contributed by atoms with Gasteiger partial charge < -0.3 is 14.2 Å². The second-order valence-electron chi connectivity index (χ2n) is 7.73. The highest BCUT2D eigenvalue weighted by Crippen LogP contribution is 2.37. The third kappa shape index (κ3) is 3.82. The molecule has 9 heteroatoms. The first-order valence-corrected chi connectivity index (χ1v) is 10.9. The fourth-order valence-corrected chi connectivity index (χ4v) is 4.65. The quantitative estimate of drug-likeness (QED) is 0.641. The van der Waals surface area contributed by atoms with Crippen molar-refractivity contribution in [1.82, 2.24) is 4.90 Å².